The van der Waals surface area contributed by atoms with E-state index in [1.807, 2.05) is 16.7 Å². The van der Waals surface area contributed by atoms with Crippen LogP contribution in [0, 0.1) is 0 Å². The normalized spacial score (nSPS) is 23.9. The number of hydrogen-bond donors (Lipinski definition) is 1. The van der Waals surface area contributed by atoms with Crippen LogP contribution in [0.15, 0.2) is 4.99 Å². The molecule has 0 aromatic heterocycles. The van der Waals surface area contributed by atoms with Crippen molar-refractivity contribution in [3.05, 3.63) is 0 Å². The van der Waals surface area contributed by atoms with Gasteiger partial charge in [0.25, 0.3) is 0 Å². The number of ether oxygens (including phenoxy) is 2. The van der Waals surface area contributed by atoms with E-state index in [1.54, 1.807) is 0 Å². The van der Waals surface area contributed by atoms with Gasteiger partial charge in [-0.25, -0.2) is 0 Å². The SMILES string of the molecule is CCNC(=NCC1(SC)CCOCC1)N1CCN(CC(=O)N2CCOCC2)CC1. The summed E-state index contributed by atoms with van der Waals surface area (Å²) in [5.41, 5.74) is 0. The molecule has 3 heterocycles. The van der Waals surface area contributed by atoms with E-state index in [-0.39, 0.29) is 10.7 Å². The lowest BCUT2D eigenvalue weighted by Crippen LogP contribution is -2.55. The van der Waals surface area contributed by atoms with Gasteiger partial charge in [0.1, 0.15) is 0 Å². The van der Waals surface area contributed by atoms with Crippen molar-refractivity contribution in [2.24, 2.45) is 4.99 Å². The van der Waals surface area contributed by atoms with Crippen molar-refractivity contribution in [2.45, 2.75) is 24.5 Å². The quantitative estimate of drug-likeness (QED) is 0.484. The standard InChI is InChI=1S/C20H37N5O3S/c1-3-21-19(22-17-20(29-2)4-12-27-13-5-20)25-8-6-23(7-9-25)16-18(26)24-10-14-28-15-11-24/h3-17H2,1-2H3,(H,21,22). The Morgan fingerprint density at radius 2 is 1.66 bits per heavy atom. The van der Waals surface area contributed by atoms with Crippen molar-refractivity contribution >= 4 is 23.6 Å². The van der Waals surface area contributed by atoms with Crippen LogP contribution in [0.4, 0.5) is 0 Å². The molecule has 0 unspecified atom stereocenters. The molecule has 0 aliphatic carbocycles. The Hall–Kier alpha value is -1.03. The van der Waals surface area contributed by atoms with Crippen LogP contribution < -0.4 is 5.32 Å². The fourth-order valence-electron chi connectivity index (χ4n) is 4.04. The highest BCUT2D eigenvalue weighted by Gasteiger charge is 2.32. The van der Waals surface area contributed by atoms with E-state index in [0.29, 0.717) is 19.8 Å². The third-order valence-corrected chi connectivity index (χ3v) is 7.49. The summed E-state index contributed by atoms with van der Waals surface area (Å²) in [6.45, 7) is 12.3. The van der Waals surface area contributed by atoms with E-state index >= 15 is 0 Å². The Bertz CT molecular complexity index is 542. The minimum atomic E-state index is 0.200. The minimum absolute atomic E-state index is 0.200. The van der Waals surface area contributed by atoms with Gasteiger partial charge in [-0.2, -0.15) is 11.8 Å². The molecule has 3 saturated heterocycles. The Labute approximate surface area is 179 Å². The van der Waals surface area contributed by atoms with Crippen molar-refractivity contribution in [1.82, 2.24) is 20.0 Å². The van der Waals surface area contributed by atoms with Gasteiger partial charge in [-0.1, -0.05) is 0 Å². The van der Waals surface area contributed by atoms with E-state index in [4.69, 9.17) is 14.5 Å². The number of hydrogen-bond acceptors (Lipinski definition) is 6. The van der Waals surface area contributed by atoms with Gasteiger partial charge in [-0.15, -0.1) is 0 Å². The molecule has 0 aromatic carbocycles. The topological polar surface area (TPSA) is 69.6 Å². The summed E-state index contributed by atoms with van der Waals surface area (Å²) in [5, 5.41) is 3.47. The first-order valence-corrected chi connectivity index (χ1v) is 12.1. The number of amides is 1. The highest BCUT2D eigenvalue weighted by atomic mass is 32.2. The predicted molar refractivity (Wildman–Crippen MR) is 118 cm³/mol. The first-order valence-electron chi connectivity index (χ1n) is 10.9. The zero-order valence-corrected chi connectivity index (χ0v) is 18.8. The van der Waals surface area contributed by atoms with Crippen molar-refractivity contribution in [2.75, 3.05) is 91.6 Å². The van der Waals surface area contributed by atoms with Gasteiger partial charge in [0.05, 0.1) is 26.3 Å². The number of rotatable bonds is 6. The summed E-state index contributed by atoms with van der Waals surface area (Å²) in [4.78, 5) is 24.0. The molecule has 3 aliphatic heterocycles. The summed E-state index contributed by atoms with van der Waals surface area (Å²) in [6, 6.07) is 0. The van der Waals surface area contributed by atoms with Crippen LogP contribution in [0.25, 0.3) is 0 Å². The number of thioether (sulfide) groups is 1. The molecule has 3 fully saturated rings. The van der Waals surface area contributed by atoms with Crippen LogP contribution in [0.5, 0.6) is 0 Å². The smallest absolute Gasteiger partial charge is 0.236 e. The molecule has 8 nitrogen and oxygen atoms in total. The largest absolute Gasteiger partial charge is 0.381 e. The zero-order chi connectivity index (χ0) is 20.5. The zero-order valence-electron chi connectivity index (χ0n) is 18.0. The molecule has 29 heavy (non-hydrogen) atoms. The maximum atomic E-state index is 12.5. The van der Waals surface area contributed by atoms with E-state index in [1.165, 1.54) is 0 Å². The van der Waals surface area contributed by atoms with E-state index in [0.717, 1.165) is 84.4 Å². The molecule has 3 rings (SSSR count). The van der Waals surface area contributed by atoms with Crippen molar-refractivity contribution in [3.63, 3.8) is 0 Å². The Balaban J connectivity index is 1.50. The number of piperazine rings is 1. The maximum absolute atomic E-state index is 12.5. The summed E-state index contributed by atoms with van der Waals surface area (Å²) < 4.78 is 11.1. The molecule has 0 bridgehead atoms. The molecular weight excluding hydrogens is 390 g/mol. The van der Waals surface area contributed by atoms with Crippen LogP contribution in [0.2, 0.25) is 0 Å². The average Bonchev–Trinajstić information content (AvgIpc) is 2.78. The molecule has 1 amide bonds. The lowest BCUT2D eigenvalue weighted by molar-refractivity contribution is -0.136. The molecule has 0 spiro atoms. The molecule has 1 N–H and O–H groups in total. The van der Waals surface area contributed by atoms with E-state index in [9.17, 15) is 4.79 Å². The van der Waals surface area contributed by atoms with Gasteiger partial charge in [0.15, 0.2) is 5.96 Å². The maximum Gasteiger partial charge on any atom is 0.236 e. The number of aliphatic imine (C=N–C) groups is 1. The Morgan fingerprint density at radius 3 is 2.28 bits per heavy atom. The number of guanidine groups is 1. The highest BCUT2D eigenvalue weighted by Crippen LogP contribution is 2.34. The molecular formula is C20H37N5O3S. The van der Waals surface area contributed by atoms with Gasteiger partial charge < -0.3 is 24.6 Å². The molecule has 166 valence electrons. The first kappa shape index (κ1) is 22.7. The monoisotopic (exact) mass is 427 g/mol. The number of morpholine rings is 1. The average molecular weight is 428 g/mol. The Kier molecular flexibility index (Phi) is 8.89. The van der Waals surface area contributed by atoms with Crippen molar-refractivity contribution in [3.8, 4) is 0 Å². The molecule has 0 radical (unpaired) electrons. The lowest BCUT2D eigenvalue weighted by atomic mass is 9.99. The Morgan fingerprint density at radius 1 is 1.00 bits per heavy atom. The van der Waals surface area contributed by atoms with Crippen LogP contribution in [0.1, 0.15) is 19.8 Å². The predicted octanol–water partition coefficient (Wildman–Crippen LogP) is 0.341. The molecule has 0 saturated carbocycles. The lowest BCUT2D eigenvalue weighted by Gasteiger charge is -2.38. The summed E-state index contributed by atoms with van der Waals surface area (Å²) in [7, 11) is 0. The van der Waals surface area contributed by atoms with Gasteiger partial charge in [0.2, 0.25) is 5.91 Å². The first-order chi connectivity index (χ1) is 14.2. The van der Waals surface area contributed by atoms with Gasteiger partial charge in [0, 0.05) is 63.8 Å². The van der Waals surface area contributed by atoms with Crippen molar-refractivity contribution < 1.29 is 14.3 Å². The fraction of sp³-hybridized carbons (Fsp3) is 0.900. The number of nitrogens with zero attached hydrogens (tertiary/aromatic N) is 4. The van der Waals surface area contributed by atoms with Crippen LogP contribution in [0.3, 0.4) is 0 Å². The van der Waals surface area contributed by atoms with Crippen LogP contribution in [-0.2, 0) is 14.3 Å². The second kappa shape index (κ2) is 11.4. The van der Waals surface area contributed by atoms with Crippen molar-refractivity contribution in [1.29, 1.82) is 0 Å². The molecule has 3 aliphatic rings. The van der Waals surface area contributed by atoms with E-state index in [2.05, 4.69) is 28.3 Å². The van der Waals surface area contributed by atoms with E-state index < -0.39 is 0 Å². The second-order valence-electron chi connectivity index (χ2n) is 7.93. The highest BCUT2D eigenvalue weighted by molar-refractivity contribution is 8.00. The number of carbonyl (C=O) groups is 1. The fourth-order valence-corrected chi connectivity index (χ4v) is 4.81. The van der Waals surface area contributed by atoms with Gasteiger partial charge in [-0.3, -0.25) is 14.7 Å². The van der Waals surface area contributed by atoms with Gasteiger partial charge >= 0.3 is 0 Å². The van der Waals surface area contributed by atoms with Crippen LogP contribution >= 0.6 is 11.8 Å². The summed E-state index contributed by atoms with van der Waals surface area (Å²) in [6.07, 6.45) is 4.32. The summed E-state index contributed by atoms with van der Waals surface area (Å²) >= 11 is 1.93. The molecule has 9 heteroatoms. The summed E-state index contributed by atoms with van der Waals surface area (Å²) in [5.74, 6) is 1.23. The second-order valence-corrected chi connectivity index (χ2v) is 9.20. The minimum Gasteiger partial charge on any atom is -0.381 e. The van der Waals surface area contributed by atoms with Gasteiger partial charge in [-0.05, 0) is 26.0 Å². The molecule has 0 atom stereocenters. The third kappa shape index (κ3) is 6.47. The number of nitrogens with one attached hydrogen (secondary N) is 1. The number of carbonyl (C=O) groups excluding carboxylic acids is 1. The third-order valence-electron chi connectivity index (χ3n) is 6.08. The molecule has 0 aromatic rings. The van der Waals surface area contributed by atoms with Crippen LogP contribution in [-0.4, -0.2) is 123 Å².